The van der Waals surface area contributed by atoms with Gasteiger partial charge in [0, 0.05) is 12.2 Å². The van der Waals surface area contributed by atoms with Gasteiger partial charge >= 0.3 is 0 Å². The maximum atomic E-state index is 5.94. The number of rotatable bonds is 4. The second-order valence-electron chi connectivity index (χ2n) is 3.23. The molecule has 0 aliphatic heterocycles. The van der Waals surface area contributed by atoms with Gasteiger partial charge in [0.05, 0.1) is 5.69 Å². The monoisotopic (exact) mass is 176 g/mol. The number of nitrogens with two attached hydrogens (primary N) is 1. The van der Waals surface area contributed by atoms with Gasteiger partial charge < -0.3 is 5.73 Å². The third-order valence-electron chi connectivity index (χ3n) is 2.00. The highest BCUT2D eigenvalue weighted by Gasteiger charge is 2.05. The van der Waals surface area contributed by atoms with Gasteiger partial charge in [-0.3, -0.25) is 4.98 Å². The van der Waals surface area contributed by atoms with Crippen LogP contribution in [0, 0.1) is 6.92 Å². The molecule has 0 saturated carbocycles. The Labute approximate surface area is 79.5 Å². The molecule has 2 N–H and O–H groups in total. The summed E-state index contributed by atoms with van der Waals surface area (Å²) in [4.78, 5) is 4.23. The number of hydrogen-bond acceptors (Lipinski definition) is 2. The average Bonchev–Trinajstić information content (AvgIpc) is 2.14. The van der Waals surface area contributed by atoms with Crippen LogP contribution in [0.5, 0.6) is 0 Å². The zero-order valence-electron chi connectivity index (χ0n) is 8.03. The van der Waals surface area contributed by atoms with E-state index in [2.05, 4.69) is 11.6 Å². The van der Waals surface area contributed by atoms with E-state index in [0.29, 0.717) is 0 Å². The quantitative estimate of drug-likeness (QED) is 0.715. The van der Waals surface area contributed by atoms with Crippen LogP contribution in [0.2, 0.25) is 0 Å². The van der Waals surface area contributed by atoms with Gasteiger partial charge in [-0.05, 0) is 37.5 Å². The molecule has 0 aliphatic carbocycles. The highest BCUT2D eigenvalue weighted by molar-refractivity contribution is 5.16. The molecular formula is C11H16N2. The van der Waals surface area contributed by atoms with Crippen molar-refractivity contribution in [2.75, 3.05) is 0 Å². The Morgan fingerprint density at radius 1 is 1.69 bits per heavy atom. The van der Waals surface area contributed by atoms with E-state index < -0.39 is 0 Å². The molecule has 0 bridgehead atoms. The minimum atomic E-state index is 0.0397. The highest BCUT2D eigenvalue weighted by atomic mass is 14.8. The molecule has 0 amide bonds. The minimum absolute atomic E-state index is 0.0397. The zero-order chi connectivity index (χ0) is 9.68. The van der Waals surface area contributed by atoms with E-state index in [0.717, 1.165) is 18.5 Å². The molecule has 1 aromatic rings. The number of pyridine rings is 1. The number of hydrogen-bond donors (Lipinski definition) is 1. The molecule has 1 rings (SSSR count). The summed E-state index contributed by atoms with van der Waals surface area (Å²) in [5.41, 5.74) is 8.12. The van der Waals surface area contributed by atoms with E-state index in [4.69, 9.17) is 5.73 Å². The third kappa shape index (κ3) is 2.99. The summed E-state index contributed by atoms with van der Waals surface area (Å²) < 4.78 is 0. The number of nitrogens with zero attached hydrogens (tertiary/aromatic N) is 1. The van der Waals surface area contributed by atoms with Gasteiger partial charge in [0.25, 0.3) is 0 Å². The molecule has 0 aromatic carbocycles. The largest absolute Gasteiger partial charge is 0.323 e. The van der Waals surface area contributed by atoms with Crippen LogP contribution >= 0.6 is 0 Å². The lowest BCUT2D eigenvalue weighted by Crippen LogP contribution is -2.11. The van der Waals surface area contributed by atoms with Gasteiger partial charge in [0.2, 0.25) is 0 Å². The number of aryl methyl sites for hydroxylation is 1. The van der Waals surface area contributed by atoms with E-state index >= 15 is 0 Å². The summed E-state index contributed by atoms with van der Waals surface area (Å²) in [5.74, 6) is 0. The molecule has 0 spiro atoms. The van der Waals surface area contributed by atoms with Crippen molar-refractivity contribution < 1.29 is 0 Å². The summed E-state index contributed by atoms with van der Waals surface area (Å²) in [6.07, 6.45) is 5.55. The Morgan fingerprint density at radius 3 is 3.08 bits per heavy atom. The fourth-order valence-corrected chi connectivity index (χ4v) is 1.21. The number of aromatic nitrogens is 1. The van der Waals surface area contributed by atoms with Gasteiger partial charge in [-0.2, -0.15) is 0 Å². The first kappa shape index (κ1) is 9.93. The van der Waals surface area contributed by atoms with Crippen LogP contribution in [0.4, 0.5) is 0 Å². The first-order valence-electron chi connectivity index (χ1n) is 4.53. The number of allylic oxidation sites excluding steroid dienone is 1. The summed E-state index contributed by atoms with van der Waals surface area (Å²) in [6, 6.07) is 4.05. The second kappa shape index (κ2) is 4.77. The van der Waals surface area contributed by atoms with Crippen molar-refractivity contribution in [2.45, 2.75) is 25.8 Å². The van der Waals surface area contributed by atoms with Crippen molar-refractivity contribution >= 4 is 0 Å². The lowest BCUT2D eigenvalue weighted by atomic mass is 10.1. The first-order valence-corrected chi connectivity index (χ1v) is 4.53. The molecule has 2 nitrogen and oxygen atoms in total. The zero-order valence-corrected chi connectivity index (χ0v) is 8.03. The van der Waals surface area contributed by atoms with Gasteiger partial charge in [-0.1, -0.05) is 6.08 Å². The van der Waals surface area contributed by atoms with E-state index in [1.807, 2.05) is 25.1 Å². The molecular weight excluding hydrogens is 160 g/mol. The Kier molecular flexibility index (Phi) is 3.65. The van der Waals surface area contributed by atoms with E-state index in [9.17, 15) is 0 Å². The molecule has 1 atom stereocenters. The van der Waals surface area contributed by atoms with Gasteiger partial charge in [0.1, 0.15) is 0 Å². The Hall–Kier alpha value is -1.15. The standard InChI is InChI=1S/C11H16N2/c1-3-4-5-10(12)11-8-9(2)6-7-13-11/h3,6-8,10H,1,4-5,12H2,2H3. The Balaban J connectivity index is 2.65. The highest BCUT2D eigenvalue weighted by Crippen LogP contribution is 2.14. The van der Waals surface area contributed by atoms with Crippen molar-refractivity contribution in [1.29, 1.82) is 0 Å². The molecule has 0 aliphatic rings. The fourth-order valence-electron chi connectivity index (χ4n) is 1.21. The van der Waals surface area contributed by atoms with Crippen molar-refractivity contribution in [3.8, 4) is 0 Å². The van der Waals surface area contributed by atoms with Crippen LogP contribution in [-0.2, 0) is 0 Å². The summed E-state index contributed by atoms with van der Waals surface area (Å²) >= 11 is 0. The van der Waals surface area contributed by atoms with E-state index in [-0.39, 0.29) is 6.04 Å². The van der Waals surface area contributed by atoms with Crippen molar-refractivity contribution in [2.24, 2.45) is 5.73 Å². The third-order valence-corrected chi connectivity index (χ3v) is 2.00. The molecule has 1 unspecified atom stereocenters. The lowest BCUT2D eigenvalue weighted by molar-refractivity contribution is 0.641. The van der Waals surface area contributed by atoms with E-state index in [1.54, 1.807) is 6.20 Å². The van der Waals surface area contributed by atoms with Gasteiger partial charge in [-0.15, -0.1) is 6.58 Å². The van der Waals surface area contributed by atoms with Crippen LogP contribution < -0.4 is 5.73 Å². The summed E-state index contributed by atoms with van der Waals surface area (Å²) in [6.45, 7) is 5.71. The maximum Gasteiger partial charge on any atom is 0.0573 e. The molecule has 1 heterocycles. The van der Waals surface area contributed by atoms with Crippen LogP contribution in [-0.4, -0.2) is 4.98 Å². The average molecular weight is 176 g/mol. The van der Waals surface area contributed by atoms with Crippen molar-refractivity contribution in [1.82, 2.24) is 4.98 Å². The smallest absolute Gasteiger partial charge is 0.0573 e. The predicted octanol–water partition coefficient (Wildman–Crippen LogP) is 2.36. The van der Waals surface area contributed by atoms with Crippen molar-refractivity contribution in [3.05, 3.63) is 42.2 Å². The molecule has 2 heteroatoms. The molecule has 0 fully saturated rings. The van der Waals surface area contributed by atoms with Gasteiger partial charge in [-0.25, -0.2) is 0 Å². The molecule has 13 heavy (non-hydrogen) atoms. The van der Waals surface area contributed by atoms with Crippen LogP contribution in [0.1, 0.15) is 30.1 Å². The Morgan fingerprint density at radius 2 is 2.46 bits per heavy atom. The summed E-state index contributed by atoms with van der Waals surface area (Å²) in [5, 5.41) is 0. The minimum Gasteiger partial charge on any atom is -0.323 e. The van der Waals surface area contributed by atoms with Crippen LogP contribution in [0.15, 0.2) is 31.0 Å². The maximum absolute atomic E-state index is 5.94. The normalized spacial score (nSPS) is 12.5. The lowest BCUT2D eigenvalue weighted by Gasteiger charge is -2.09. The van der Waals surface area contributed by atoms with Gasteiger partial charge in [0.15, 0.2) is 0 Å². The SMILES string of the molecule is C=CCCC(N)c1cc(C)ccn1. The molecule has 0 radical (unpaired) electrons. The van der Waals surface area contributed by atoms with Crippen molar-refractivity contribution in [3.63, 3.8) is 0 Å². The second-order valence-corrected chi connectivity index (χ2v) is 3.23. The van der Waals surface area contributed by atoms with Crippen LogP contribution in [0.3, 0.4) is 0 Å². The van der Waals surface area contributed by atoms with Crippen LogP contribution in [0.25, 0.3) is 0 Å². The summed E-state index contributed by atoms with van der Waals surface area (Å²) in [7, 11) is 0. The van der Waals surface area contributed by atoms with E-state index in [1.165, 1.54) is 5.56 Å². The topological polar surface area (TPSA) is 38.9 Å². The molecule has 70 valence electrons. The fraction of sp³-hybridized carbons (Fsp3) is 0.364. The Bertz CT molecular complexity index is 281. The predicted molar refractivity (Wildman–Crippen MR) is 55.3 cm³/mol. The molecule has 0 saturated heterocycles. The molecule has 1 aromatic heterocycles. The first-order chi connectivity index (χ1) is 6.24.